The van der Waals surface area contributed by atoms with Gasteiger partial charge in [0, 0.05) is 16.3 Å². The predicted molar refractivity (Wildman–Crippen MR) is 90.7 cm³/mol. The van der Waals surface area contributed by atoms with Gasteiger partial charge >= 0.3 is 0 Å². The second kappa shape index (κ2) is 5.49. The zero-order chi connectivity index (χ0) is 15.3. The largest absolute Gasteiger partial charge is 0.352 e. The van der Waals surface area contributed by atoms with Crippen molar-refractivity contribution in [2.75, 3.05) is 0 Å². The van der Waals surface area contributed by atoms with Gasteiger partial charge in [0.2, 0.25) is 5.91 Å². The van der Waals surface area contributed by atoms with Crippen LogP contribution in [0.5, 0.6) is 0 Å². The number of aryl methyl sites for hydroxylation is 3. The molecule has 4 rings (SSSR count). The number of thioether (sulfide) groups is 1. The number of hydrogen-bond donors (Lipinski definition) is 1. The fourth-order valence-corrected chi connectivity index (χ4v) is 5.32. The SMILES string of the molecule is Cc1nc(S[C@@H](C)C(=O)NC2CC2)c2c3c(sc2n1)CCC3. The third-order valence-electron chi connectivity index (χ3n) is 4.22. The molecule has 1 N–H and O–H groups in total. The number of rotatable bonds is 4. The molecule has 0 unspecified atom stereocenters. The lowest BCUT2D eigenvalue weighted by molar-refractivity contribution is -0.120. The van der Waals surface area contributed by atoms with Crippen molar-refractivity contribution in [3.63, 3.8) is 0 Å². The van der Waals surface area contributed by atoms with Gasteiger partial charge in [-0.3, -0.25) is 4.79 Å². The highest BCUT2D eigenvalue weighted by molar-refractivity contribution is 8.00. The van der Waals surface area contributed by atoms with Gasteiger partial charge in [-0.25, -0.2) is 9.97 Å². The highest BCUT2D eigenvalue weighted by Crippen LogP contribution is 2.41. The van der Waals surface area contributed by atoms with Crippen molar-refractivity contribution < 1.29 is 4.79 Å². The van der Waals surface area contributed by atoms with Gasteiger partial charge in [0.15, 0.2) is 0 Å². The van der Waals surface area contributed by atoms with E-state index in [1.807, 2.05) is 13.8 Å². The first-order chi connectivity index (χ1) is 10.6. The quantitative estimate of drug-likeness (QED) is 0.689. The summed E-state index contributed by atoms with van der Waals surface area (Å²) in [6.07, 6.45) is 5.76. The standard InChI is InChI=1S/C16H19N3OS2/c1-8(14(20)19-10-6-7-10)21-15-13-11-4-3-5-12(11)22-16(13)18-9(2)17-15/h8,10H,3-7H2,1-2H3,(H,19,20)/t8-/m0/s1. The molecule has 0 spiro atoms. The molecule has 1 saturated carbocycles. The molecule has 22 heavy (non-hydrogen) atoms. The molecule has 2 aromatic rings. The summed E-state index contributed by atoms with van der Waals surface area (Å²) in [6.45, 7) is 3.90. The van der Waals surface area contributed by atoms with Crippen LogP contribution in [-0.4, -0.2) is 27.2 Å². The maximum absolute atomic E-state index is 12.2. The molecule has 6 heteroatoms. The second-order valence-corrected chi connectivity index (χ2v) is 8.57. The van der Waals surface area contributed by atoms with Gasteiger partial charge in [-0.1, -0.05) is 11.8 Å². The summed E-state index contributed by atoms with van der Waals surface area (Å²) in [5.41, 5.74) is 1.43. The second-order valence-electron chi connectivity index (χ2n) is 6.16. The number of carbonyl (C=O) groups is 1. The van der Waals surface area contributed by atoms with Gasteiger partial charge < -0.3 is 5.32 Å². The summed E-state index contributed by atoms with van der Waals surface area (Å²) < 4.78 is 0. The fraction of sp³-hybridized carbons (Fsp3) is 0.562. The van der Waals surface area contributed by atoms with Gasteiger partial charge in [0.1, 0.15) is 15.7 Å². The maximum atomic E-state index is 12.2. The van der Waals surface area contributed by atoms with Crippen molar-refractivity contribution in [2.24, 2.45) is 0 Å². The van der Waals surface area contributed by atoms with E-state index >= 15 is 0 Å². The number of aromatic nitrogens is 2. The number of nitrogens with zero attached hydrogens (tertiary/aromatic N) is 2. The Hall–Kier alpha value is -1.14. The van der Waals surface area contributed by atoms with E-state index in [0.29, 0.717) is 6.04 Å². The van der Waals surface area contributed by atoms with Crippen LogP contribution in [0.1, 0.15) is 42.5 Å². The molecule has 0 bridgehead atoms. The Kier molecular flexibility index (Phi) is 3.61. The summed E-state index contributed by atoms with van der Waals surface area (Å²) >= 11 is 3.39. The van der Waals surface area contributed by atoms with E-state index in [4.69, 9.17) is 0 Å². The van der Waals surface area contributed by atoms with E-state index in [9.17, 15) is 4.79 Å². The number of amides is 1. The number of fused-ring (bicyclic) bond motifs is 3. The topological polar surface area (TPSA) is 54.9 Å². The van der Waals surface area contributed by atoms with Crippen molar-refractivity contribution in [3.05, 3.63) is 16.3 Å². The van der Waals surface area contributed by atoms with Gasteiger partial charge in [-0.2, -0.15) is 0 Å². The molecule has 0 radical (unpaired) electrons. The smallest absolute Gasteiger partial charge is 0.233 e. The Bertz CT molecular complexity index is 751. The number of hydrogen-bond acceptors (Lipinski definition) is 5. The van der Waals surface area contributed by atoms with E-state index in [-0.39, 0.29) is 11.2 Å². The lowest BCUT2D eigenvalue weighted by Crippen LogP contribution is -2.32. The lowest BCUT2D eigenvalue weighted by Gasteiger charge is -2.12. The van der Waals surface area contributed by atoms with Crippen LogP contribution in [0.4, 0.5) is 0 Å². The minimum Gasteiger partial charge on any atom is -0.352 e. The van der Waals surface area contributed by atoms with E-state index in [2.05, 4.69) is 15.3 Å². The van der Waals surface area contributed by atoms with Crippen LogP contribution in [0.3, 0.4) is 0 Å². The molecule has 2 aliphatic carbocycles. The molecule has 2 aliphatic rings. The van der Waals surface area contributed by atoms with E-state index in [1.54, 1.807) is 23.1 Å². The monoisotopic (exact) mass is 333 g/mol. The van der Waals surface area contributed by atoms with Crippen LogP contribution in [0.15, 0.2) is 5.03 Å². The van der Waals surface area contributed by atoms with Crippen LogP contribution in [0, 0.1) is 6.92 Å². The molecule has 4 nitrogen and oxygen atoms in total. The zero-order valence-corrected chi connectivity index (χ0v) is 14.4. The summed E-state index contributed by atoms with van der Waals surface area (Å²) in [4.78, 5) is 24.0. The lowest BCUT2D eigenvalue weighted by atomic mass is 10.2. The van der Waals surface area contributed by atoms with E-state index < -0.39 is 0 Å². The first-order valence-electron chi connectivity index (χ1n) is 7.87. The summed E-state index contributed by atoms with van der Waals surface area (Å²) in [7, 11) is 0. The number of nitrogens with one attached hydrogen (secondary N) is 1. The Morgan fingerprint density at radius 3 is 2.95 bits per heavy atom. The van der Waals surface area contributed by atoms with Crippen molar-refractivity contribution in [1.29, 1.82) is 0 Å². The molecule has 1 fully saturated rings. The van der Waals surface area contributed by atoms with Crippen LogP contribution >= 0.6 is 23.1 Å². The summed E-state index contributed by atoms with van der Waals surface area (Å²) in [5, 5.41) is 5.16. The van der Waals surface area contributed by atoms with Gasteiger partial charge in [-0.15, -0.1) is 11.3 Å². The van der Waals surface area contributed by atoms with Crippen LogP contribution in [0.2, 0.25) is 0 Å². The van der Waals surface area contributed by atoms with Crippen LogP contribution < -0.4 is 5.32 Å². The summed E-state index contributed by atoms with van der Waals surface area (Å²) in [5.74, 6) is 0.925. The molecular formula is C16H19N3OS2. The molecule has 0 aliphatic heterocycles. The first-order valence-corrected chi connectivity index (χ1v) is 9.57. The highest BCUT2D eigenvalue weighted by atomic mass is 32.2. The van der Waals surface area contributed by atoms with Crippen molar-refractivity contribution in [3.8, 4) is 0 Å². The van der Waals surface area contributed by atoms with Crippen molar-refractivity contribution in [2.45, 2.75) is 62.3 Å². The molecule has 1 amide bonds. The molecule has 2 aromatic heterocycles. The Morgan fingerprint density at radius 2 is 2.18 bits per heavy atom. The number of thiophene rings is 1. The van der Waals surface area contributed by atoms with Gasteiger partial charge in [-0.05, 0) is 51.5 Å². The fourth-order valence-electron chi connectivity index (χ4n) is 2.92. The normalized spacial score (nSPS) is 18.5. The molecular weight excluding hydrogens is 314 g/mol. The molecule has 2 heterocycles. The van der Waals surface area contributed by atoms with Crippen molar-refractivity contribution in [1.82, 2.24) is 15.3 Å². The van der Waals surface area contributed by atoms with E-state index in [0.717, 1.165) is 41.4 Å². The molecule has 116 valence electrons. The third-order valence-corrected chi connectivity index (χ3v) is 6.50. The van der Waals surface area contributed by atoms with Gasteiger partial charge in [0.05, 0.1) is 5.25 Å². The highest BCUT2D eigenvalue weighted by Gasteiger charge is 2.28. The zero-order valence-electron chi connectivity index (χ0n) is 12.8. The average Bonchev–Trinajstić information content (AvgIpc) is 3.03. The Labute approximate surface area is 138 Å². The van der Waals surface area contributed by atoms with Gasteiger partial charge in [0.25, 0.3) is 0 Å². The van der Waals surface area contributed by atoms with Crippen LogP contribution in [-0.2, 0) is 17.6 Å². The van der Waals surface area contributed by atoms with Crippen molar-refractivity contribution >= 4 is 39.2 Å². The van der Waals surface area contributed by atoms with E-state index in [1.165, 1.54) is 22.2 Å². The average molecular weight is 333 g/mol. The number of carbonyl (C=O) groups excluding carboxylic acids is 1. The molecule has 0 saturated heterocycles. The third kappa shape index (κ3) is 2.63. The minimum atomic E-state index is -0.116. The Balaban J connectivity index is 1.66. The minimum absolute atomic E-state index is 0.116. The summed E-state index contributed by atoms with van der Waals surface area (Å²) in [6, 6.07) is 0.410. The first kappa shape index (κ1) is 14.5. The predicted octanol–water partition coefficient (Wildman–Crippen LogP) is 3.25. The van der Waals surface area contributed by atoms with Crippen LogP contribution in [0.25, 0.3) is 10.2 Å². The maximum Gasteiger partial charge on any atom is 0.233 e. The molecule has 0 aromatic carbocycles. The Morgan fingerprint density at radius 1 is 1.36 bits per heavy atom. The molecule has 1 atom stereocenters.